The van der Waals surface area contributed by atoms with E-state index in [1.54, 1.807) is 0 Å². The van der Waals surface area contributed by atoms with Crippen LogP contribution in [0.1, 0.15) is 18.4 Å². The molecule has 7 nitrogen and oxygen atoms in total. The van der Waals surface area contributed by atoms with Gasteiger partial charge in [-0.05, 0) is 24.9 Å². The predicted molar refractivity (Wildman–Crippen MR) is 91.8 cm³/mol. The number of nitrogens with two attached hydrogens (primary N) is 1. The van der Waals surface area contributed by atoms with Crippen LogP contribution in [0.15, 0.2) is 52.2 Å². The van der Waals surface area contributed by atoms with Gasteiger partial charge in [0.15, 0.2) is 0 Å². The summed E-state index contributed by atoms with van der Waals surface area (Å²) < 4.78 is 2.36. The molecule has 0 fully saturated rings. The fraction of sp³-hybridized carbons (Fsp3) is 0.353. The Balaban J connectivity index is 2.10. The van der Waals surface area contributed by atoms with Gasteiger partial charge in [-0.25, -0.2) is 4.79 Å². The Morgan fingerprint density at radius 2 is 1.83 bits per heavy atom. The number of carbonyl (C=O) groups is 1. The van der Waals surface area contributed by atoms with Gasteiger partial charge < -0.3 is 11.1 Å². The van der Waals surface area contributed by atoms with Crippen molar-refractivity contribution in [1.29, 1.82) is 0 Å². The predicted octanol–water partition coefficient (Wildman–Crippen LogP) is -0.0866. The third-order valence-electron chi connectivity index (χ3n) is 3.59. The summed E-state index contributed by atoms with van der Waals surface area (Å²) in [5.74, 6) is -0.358. The molecule has 2 rings (SSSR count). The van der Waals surface area contributed by atoms with E-state index < -0.39 is 11.2 Å². The largest absolute Gasteiger partial charge is 0.355 e. The molecule has 0 aliphatic rings. The minimum atomic E-state index is -0.497. The molecule has 0 atom stereocenters. The van der Waals surface area contributed by atoms with Gasteiger partial charge in [-0.3, -0.25) is 18.7 Å². The molecule has 0 saturated heterocycles. The van der Waals surface area contributed by atoms with Crippen LogP contribution in [0.25, 0.3) is 0 Å². The normalized spacial score (nSPS) is 10.5. The van der Waals surface area contributed by atoms with E-state index in [9.17, 15) is 14.4 Å². The number of aromatic nitrogens is 2. The number of unbranched alkanes of at least 4 members (excludes halogenated alkanes) is 1. The average molecular weight is 330 g/mol. The quantitative estimate of drug-likeness (QED) is 0.661. The SMILES string of the molecule is NCCCCNC(=O)Cn1c(=O)ccn(Cc2ccccc2)c1=O. The lowest BCUT2D eigenvalue weighted by Crippen LogP contribution is -2.43. The Morgan fingerprint density at radius 3 is 2.54 bits per heavy atom. The maximum absolute atomic E-state index is 12.4. The van der Waals surface area contributed by atoms with Crippen molar-refractivity contribution in [2.24, 2.45) is 5.73 Å². The first-order valence-corrected chi connectivity index (χ1v) is 7.93. The molecule has 0 aliphatic heterocycles. The fourth-order valence-electron chi connectivity index (χ4n) is 2.30. The van der Waals surface area contributed by atoms with E-state index in [1.165, 1.54) is 16.8 Å². The fourth-order valence-corrected chi connectivity index (χ4v) is 2.30. The number of hydrogen-bond acceptors (Lipinski definition) is 4. The third-order valence-corrected chi connectivity index (χ3v) is 3.59. The van der Waals surface area contributed by atoms with E-state index in [0.717, 1.165) is 23.0 Å². The molecule has 3 N–H and O–H groups in total. The molecule has 1 aromatic carbocycles. The molecular weight excluding hydrogens is 308 g/mol. The number of carbonyl (C=O) groups excluding carboxylic acids is 1. The molecule has 0 bridgehead atoms. The van der Waals surface area contributed by atoms with Crippen LogP contribution in [0.2, 0.25) is 0 Å². The molecule has 0 radical (unpaired) electrons. The summed E-state index contributed by atoms with van der Waals surface area (Å²) in [5.41, 5.74) is 5.35. The first-order chi connectivity index (χ1) is 11.6. The van der Waals surface area contributed by atoms with E-state index in [2.05, 4.69) is 5.32 Å². The lowest BCUT2D eigenvalue weighted by molar-refractivity contribution is -0.121. The Kier molecular flexibility index (Phi) is 6.51. The van der Waals surface area contributed by atoms with Crippen molar-refractivity contribution in [2.45, 2.75) is 25.9 Å². The Morgan fingerprint density at radius 1 is 1.08 bits per heavy atom. The topological polar surface area (TPSA) is 99.1 Å². The second kappa shape index (κ2) is 8.83. The van der Waals surface area contributed by atoms with Crippen molar-refractivity contribution < 1.29 is 4.79 Å². The second-order valence-corrected chi connectivity index (χ2v) is 5.48. The Bertz CT molecular complexity index is 780. The van der Waals surface area contributed by atoms with Gasteiger partial charge >= 0.3 is 5.69 Å². The minimum absolute atomic E-state index is 0.282. The van der Waals surface area contributed by atoms with Crippen molar-refractivity contribution in [3.63, 3.8) is 0 Å². The summed E-state index contributed by atoms with van der Waals surface area (Å²) in [5, 5.41) is 2.69. The smallest absolute Gasteiger partial charge is 0.331 e. The molecule has 0 saturated carbocycles. The van der Waals surface area contributed by atoms with Crippen LogP contribution in [-0.4, -0.2) is 28.1 Å². The Labute approximate surface area is 139 Å². The molecular formula is C17H22N4O3. The van der Waals surface area contributed by atoms with Gasteiger partial charge in [0.2, 0.25) is 5.91 Å². The summed E-state index contributed by atoms with van der Waals surface area (Å²) in [7, 11) is 0. The van der Waals surface area contributed by atoms with Crippen LogP contribution in [-0.2, 0) is 17.9 Å². The summed E-state index contributed by atoms with van der Waals surface area (Å²) in [6.07, 6.45) is 3.03. The van der Waals surface area contributed by atoms with Gasteiger partial charge in [0.25, 0.3) is 5.56 Å². The highest BCUT2D eigenvalue weighted by molar-refractivity contribution is 5.75. The molecule has 24 heavy (non-hydrogen) atoms. The van der Waals surface area contributed by atoms with Gasteiger partial charge in [-0.15, -0.1) is 0 Å². The molecule has 1 aromatic heterocycles. The van der Waals surface area contributed by atoms with Crippen molar-refractivity contribution in [3.8, 4) is 0 Å². The number of rotatable bonds is 8. The zero-order chi connectivity index (χ0) is 17.4. The molecule has 0 aliphatic carbocycles. The molecule has 0 unspecified atom stereocenters. The maximum Gasteiger partial charge on any atom is 0.331 e. The highest BCUT2D eigenvalue weighted by Gasteiger charge is 2.10. The summed E-state index contributed by atoms with van der Waals surface area (Å²) in [6.45, 7) is 1.11. The summed E-state index contributed by atoms with van der Waals surface area (Å²) in [6, 6.07) is 10.7. The molecule has 1 amide bonds. The summed E-state index contributed by atoms with van der Waals surface area (Å²) >= 11 is 0. The minimum Gasteiger partial charge on any atom is -0.355 e. The van der Waals surface area contributed by atoms with Crippen molar-refractivity contribution in [1.82, 2.24) is 14.5 Å². The van der Waals surface area contributed by atoms with E-state index >= 15 is 0 Å². The molecule has 0 spiro atoms. The number of amides is 1. The first-order valence-electron chi connectivity index (χ1n) is 7.93. The van der Waals surface area contributed by atoms with Crippen molar-refractivity contribution in [3.05, 3.63) is 69.0 Å². The molecule has 2 aromatic rings. The first kappa shape index (κ1) is 17.7. The van der Waals surface area contributed by atoms with E-state index in [-0.39, 0.29) is 12.5 Å². The van der Waals surface area contributed by atoms with Crippen LogP contribution in [0.4, 0.5) is 0 Å². The van der Waals surface area contributed by atoms with Gasteiger partial charge in [0.1, 0.15) is 6.54 Å². The van der Waals surface area contributed by atoms with E-state index in [4.69, 9.17) is 5.73 Å². The highest BCUT2D eigenvalue weighted by Crippen LogP contribution is 1.99. The number of hydrogen-bond donors (Lipinski definition) is 2. The van der Waals surface area contributed by atoms with Crippen LogP contribution in [0.3, 0.4) is 0 Å². The second-order valence-electron chi connectivity index (χ2n) is 5.48. The lowest BCUT2D eigenvalue weighted by atomic mass is 10.2. The lowest BCUT2D eigenvalue weighted by Gasteiger charge is -2.10. The van der Waals surface area contributed by atoms with Crippen LogP contribution in [0, 0.1) is 0 Å². The van der Waals surface area contributed by atoms with Crippen molar-refractivity contribution in [2.75, 3.05) is 13.1 Å². The highest BCUT2D eigenvalue weighted by atomic mass is 16.2. The van der Waals surface area contributed by atoms with Crippen LogP contribution in [0.5, 0.6) is 0 Å². The number of nitrogens with one attached hydrogen (secondary N) is 1. The number of nitrogens with zero attached hydrogens (tertiary/aromatic N) is 2. The van der Waals surface area contributed by atoms with Gasteiger partial charge in [-0.2, -0.15) is 0 Å². The number of benzene rings is 1. The summed E-state index contributed by atoms with van der Waals surface area (Å²) in [4.78, 5) is 36.2. The maximum atomic E-state index is 12.4. The Hall–Kier alpha value is -2.67. The van der Waals surface area contributed by atoms with Gasteiger partial charge in [0.05, 0.1) is 6.54 Å². The van der Waals surface area contributed by atoms with Crippen LogP contribution >= 0.6 is 0 Å². The zero-order valence-electron chi connectivity index (χ0n) is 13.5. The van der Waals surface area contributed by atoms with E-state index in [1.807, 2.05) is 30.3 Å². The van der Waals surface area contributed by atoms with Crippen molar-refractivity contribution >= 4 is 5.91 Å². The standard InChI is InChI=1S/C17H22N4O3/c18-9-4-5-10-19-15(22)13-21-16(23)8-11-20(17(21)24)12-14-6-2-1-3-7-14/h1-3,6-8,11H,4-5,9-10,12-13,18H2,(H,19,22). The van der Waals surface area contributed by atoms with Crippen LogP contribution < -0.4 is 22.3 Å². The van der Waals surface area contributed by atoms with Gasteiger partial charge in [-0.1, -0.05) is 30.3 Å². The van der Waals surface area contributed by atoms with E-state index in [0.29, 0.717) is 19.6 Å². The zero-order valence-corrected chi connectivity index (χ0v) is 13.5. The molecule has 128 valence electrons. The molecule has 7 heteroatoms. The molecule has 1 heterocycles. The third kappa shape index (κ3) is 4.92. The monoisotopic (exact) mass is 330 g/mol. The van der Waals surface area contributed by atoms with Gasteiger partial charge in [0, 0.05) is 18.8 Å². The average Bonchev–Trinajstić information content (AvgIpc) is 2.59.